The molecule has 1 aliphatic heterocycles. The second-order valence-corrected chi connectivity index (χ2v) is 7.11. The van der Waals surface area contributed by atoms with Crippen molar-refractivity contribution in [2.75, 3.05) is 11.5 Å². The van der Waals surface area contributed by atoms with Gasteiger partial charge in [-0.05, 0) is 55.0 Å². The minimum absolute atomic E-state index is 0.121. The van der Waals surface area contributed by atoms with Gasteiger partial charge in [0.2, 0.25) is 0 Å². The van der Waals surface area contributed by atoms with Gasteiger partial charge >= 0.3 is 0 Å². The van der Waals surface area contributed by atoms with Gasteiger partial charge in [-0.15, -0.1) is 0 Å². The summed E-state index contributed by atoms with van der Waals surface area (Å²) in [5.41, 5.74) is 1.65. The normalized spacial score (nSPS) is 16.1. The zero-order valence-corrected chi connectivity index (χ0v) is 15.3. The predicted octanol–water partition coefficient (Wildman–Crippen LogP) is 5.14. The molecule has 2 aromatic carbocycles. The van der Waals surface area contributed by atoms with Crippen molar-refractivity contribution in [2.24, 2.45) is 0 Å². The van der Waals surface area contributed by atoms with Crippen LogP contribution in [0.3, 0.4) is 0 Å². The molecule has 1 heterocycles. The fourth-order valence-corrected chi connectivity index (χ4v) is 3.68. The van der Waals surface area contributed by atoms with Crippen LogP contribution >= 0.6 is 35.6 Å². The summed E-state index contributed by atoms with van der Waals surface area (Å²) in [4.78, 5) is 14.8. The lowest BCUT2D eigenvalue weighted by atomic mass is 10.2. The highest BCUT2D eigenvalue weighted by Crippen LogP contribution is 2.36. The van der Waals surface area contributed by atoms with E-state index in [0.717, 1.165) is 17.0 Å². The van der Waals surface area contributed by atoms with Gasteiger partial charge in [0.15, 0.2) is 4.32 Å². The molecule has 122 valence electrons. The average Bonchev–Trinajstić information content (AvgIpc) is 2.85. The van der Waals surface area contributed by atoms with Gasteiger partial charge in [0.25, 0.3) is 5.91 Å². The van der Waals surface area contributed by atoms with Crippen LogP contribution in [0.2, 0.25) is 5.02 Å². The van der Waals surface area contributed by atoms with Gasteiger partial charge in [0.1, 0.15) is 5.75 Å². The molecule has 6 heteroatoms. The maximum absolute atomic E-state index is 12.7. The quantitative estimate of drug-likeness (QED) is 0.546. The lowest BCUT2D eigenvalue weighted by Gasteiger charge is -2.15. The van der Waals surface area contributed by atoms with Crippen LogP contribution in [-0.2, 0) is 4.79 Å². The van der Waals surface area contributed by atoms with Crippen LogP contribution in [0.1, 0.15) is 12.5 Å². The van der Waals surface area contributed by atoms with Crippen molar-refractivity contribution in [1.82, 2.24) is 0 Å². The SMILES string of the molecule is CCOc1ccc(N2C(=O)/C(=C/c3ccc(Cl)cc3)SC2=S)cc1. The van der Waals surface area contributed by atoms with E-state index in [4.69, 9.17) is 28.6 Å². The number of ether oxygens (including phenoxy) is 1. The molecule has 0 bridgehead atoms. The molecule has 0 spiro atoms. The molecule has 0 unspecified atom stereocenters. The molecule has 1 saturated heterocycles. The van der Waals surface area contributed by atoms with Crippen LogP contribution < -0.4 is 9.64 Å². The van der Waals surface area contributed by atoms with Gasteiger partial charge in [-0.3, -0.25) is 9.69 Å². The Labute approximate surface area is 155 Å². The van der Waals surface area contributed by atoms with Crippen molar-refractivity contribution in [3.63, 3.8) is 0 Å². The standard InChI is InChI=1S/C18H14ClNO2S2/c1-2-22-15-9-7-14(8-10-15)20-17(21)16(24-18(20)23)11-12-3-5-13(19)6-4-12/h3-11H,2H2,1H3/b16-11-. The van der Waals surface area contributed by atoms with E-state index in [1.807, 2.05) is 49.4 Å². The highest BCUT2D eigenvalue weighted by molar-refractivity contribution is 8.27. The highest BCUT2D eigenvalue weighted by Gasteiger charge is 2.33. The van der Waals surface area contributed by atoms with Crippen LogP contribution in [-0.4, -0.2) is 16.8 Å². The van der Waals surface area contributed by atoms with E-state index in [9.17, 15) is 4.79 Å². The van der Waals surface area contributed by atoms with E-state index in [1.54, 1.807) is 12.1 Å². The third kappa shape index (κ3) is 3.64. The Kier molecular flexibility index (Phi) is 5.23. The van der Waals surface area contributed by atoms with E-state index in [0.29, 0.717) is 20.9 Å². The van der Waals surface area contributed by atoms with E-state index in [-0.39, 0.29) is 5.91 Å². The number of amides is 1. The highest BCUT2D eigenvalue weighted by atomic mass is 35.5. The molecule has 3 nitrogen and oxygen atoms in total. The first-order valence-electron chi connectivity index (χ1n) is 7.35. The monoisotopic (exact) mass is 375 g/mol. The van der Waals surface area contributed by atoms with Crippen LogP contribution in [0.5, 0.6) is 5.75 Å². The first-order valence-corrected chi connectivity index (χ1v) is 8.95. The van der Waals surface area contributed by atoms with Crippen molar-refractivity contribution in [2.45, 2.75) is 6.92 Å². The lowest BCUT2D eigenvalue weighted by Crippen LogP contribution is -2.27. The summed E-state index contributed by atoms with van der Waals surface area (Å²) < 4.78 is 5.94. The number of hydrogen-bond acceptors (Lipinski definition) is 4. The smallest absolute Gasteiger partial charge is 0.270 e. The van der Waals surface area contributed by atoms with Crippen molar-refractivity contribution < 1.29 is 9.53 Å². The van der Waals surface area contributed by atoms with Crippen molar-refractivity contribution in [1.29, 1.82) is 0 Å². The summed E-state index contributed by atoms with van der Waals surface area (Å²) >= 11 is 12.6. The average molecular weight is 376 g/mol. The Bertz CT molecular complexity index is 801. The van der Waals surface area contributed by atoms with E-state index in [1.165, 1.54) is 16.7 Å². The van der Waals surface area contributed by atoms with Gasteiger partial charge in [-0.2, -0.15) is 0 Å². The Morgan fingerprint density at radius 1 is 1.17 bits per heavy atom. The molecule has 2 aromatic rings. The minimum Gasteiger partial charge on any atom is -0.494 e. The number of carbonyl (C=O) groups excluding carboxylic acids is 1. The van der Waals surface area contributed by atoms with Gasteiger partial charge in [0, 0.05) is 5.02 Å². The Hall–Kier alpha value is -1.82. The second-order valence-electron chi connectivity index (χ2n) is 5.00. The first-order chi connectivity index (χ1) is 11.6. The molecular formula is C18H14ClNO2S2. The largest absolute Gasteiger partial charge is 0.494 e. The van der Waals surface area contributed by atoms with Gasteiger partial charge in [-0.1, -0.05) is 47.7 Å². The fourth-order valence-electron chi connectivity index (χ4n) is 2.26. The molecule has 0 aliphatic carbocycles. The number of rotatable bonds is 4. The maximum atomic E-state index is 12.7. The minimum atomic E-state index is -0.121. The summed E-state index contributed by atoms with van der Waals surface area (Å²) in [6, 6.07) is 14.7. The molecule has 0 aromatic heterocycles. The lowest BCUT2D eigenvalue weighted by molar-refractivity contribution is -0.113. The predicted molar refractivity (Wildman–Crippen MR) is 105 cm³/mol. The molecule has 1 amide bonds. The van der Waals surface area contributed by atoms with Crippen LogP contribution in [0, 0.1) is 0 Å². The summed E-state index contributed by atoms with van der Waals surface area (Å²) in [5.74, 6) is 0.646. The van der Waals surface area contributed by atoms with Crippen LogP contribution in [0.15, 0.2) is 53.4 Å². The maximum Gasteiger partial charge on any atom is 0.270 e. The zero-order chi connectivity index (χ0) is 17.1. The van der Waals surface area contributed by atoms with Crippen molar-refractivity contribution in [3.8, 4) is 5.75 Å². The van der Waals surface area contributed by atoms with Gasteiger partial charge < -0.3 is 4.74 Å². The molecule has 1 aliphatic rings. The van der Waals surface area contributed by atoms with E-state index in [2.05, 4.69) is 0 Å². The molecule has 0 atom stereocenters. The number of anilines is 1. The number of nitrogens with zero attached hydrogens (tertiary/aromatic N) is 1. The zero-order valence-electron chi connectivity index (χ0n) is 12.9. The number of benzene rings is 2. The summed E-state index contributed by atoms with van der Waals surface area (Å²) in [6.45, 7) is 2.53. The van der Waals surface area contributed by atoms with Gasteiger partial charge in [0.05, 0.1) is 17.2 Å². The molecule has 0 radical (unpaired) electrons. The summed E-state index contributed by atoms with van der Waals surface area (Å²) in [6.07, 6.45) is 1.82. The van der Waals surface area contributed by atoms with Crippen molar-refractivity contribution >= 4 is 57.6 Å². The Balaban J connectivity index is 1.84. The van der Waals surface area contributed by atoms with Crippen LogP contribution in [0.4, 0.5) is 5.69 Å². The number of thiocarbonyl (C=S) groups is 1. The molecular weight excluding hydrogens is 362 g/mol. The Morgan fingerprint density at radius 3 is 2.46 bits per heavy atom. The topological polar surface area (TPSA) is 29.5 Å². The third-order valence-corrected chi connectivity index (χ3v) is 4.92. The molecule has 1 fully saturated rings. The number of hydrogen-bond donors (Lipinski definition) is 0. The van der Waals surface area contributed by atoms with E-state index >= 15 is 0 Å². The number of thioether (sulfide) groups is 1. The number of carbonyl (C=O) groups is 1. The molecule has 3 rings (SSSR count). The molecule has 24 heavy (non-hydrogen) atoms. The molecule has 0 N–H and O–H groups in total. The molecule has 0 saturated carbocycles. The van der Waals surface area contributed by atoms with E-state index < -0.39 is 0 Å². The number of halogens is 1. The fraction of sp³-hybridized carbons (Fsp3) is 0.111. The summed E-state index contributed by atoms with van der Waals surface area (Å²) in [7, 11) is 0. The third-order valence-electron chi connectivity index (χ3n) is 3.37. The van der Waals surface area contributed by atoms with Gasteiger partial charge in [-0.25, -0.2) is 0 Å². The van der Waals surface area contributed by atoms with Crippen LogP contribution in [0.25, 0.3) is 6.08 Å². The first kappa shape index (κ1) is 17.0. The van der Waals surface area contributed by atoms with Crippen molar-refractivity contribution in [3.05, 3.63) is 64.0 Å². The second kappa shape index (κ2) is 7.38. The Morgan fingerprint density at radius 2 is 1.83 bits per heavy atom. The summed E-state index contributed by atoms with van der Waals surface area (Å²) in [5, 5.41) is 0.661.